The second kappa shape index (κ2) is 6.00. The van der Waals surface area contributed by atoms with E-state index in [9.17, 15) is 18.5 Å². The lowest BCUT2D eigenvalue weighted by molar-refractivity contribution is -0.387. The molecule has 0 amide bonds. The van der Waals surface area contributed by atoms with E-state index in [-0.39, 0.29) is 5.02 Å². The van der Waals surface area contributed by atoms with Crippen LogP contribution in [0, 0.1) is 10.1 Å². The number of hydrogen-bond acceptors (Lipinski definition) is 4. The summed E-state index contributed by atoms with van der Waals surface area (Å²) in [5.74, 6) is 0. The third kappa shape index (κ3) is 3.72. The Labute approximate surface area is 134 Å². The van der Waals surface area contributed by atoms with Crippen LogP contribution < -0.4 is 4.72 Å². The first-order chi connectivity index (χ1) is 9.79. The van der Waals surface area contributed by atoms with Gasteiger partial charge in [0.05, 0.1) is 4.92 Å². The molecular formula is C12H8BrClN2O4S. The van der Waals surface area contributed by atoms with Crippen LogP contribution in [0.4, 0.5) is 11.4 Å². The molecule has 0 radical (unpaired) electrons. The van der Waals surface area contributed by atoms with Crippen LogP contribution in [0.1, 0.15) is 0 Å². The molecule has 2 aromatic rings. The average Bonchev–Trinajstić information content (AvgIpc) is 2.40. The first-order valence-electron chi connectivity index (χ1n) is 5.52. The van der Waals surface area contributed by atoms with E-state index < -0.39 is 25.5 Å². The second-order valence-corrected chi connectivity index (χ2v) is 6.98. The van der Waals surface area contributed by atoms with E-state index in [1.54, 1.807) is 12.1 Å². The Morgan fingerprint density at radius 1 is 1.14 bits per heavy atom. The Balaban J connectivity index is 2.44. The summed E-state index contributed by atoms with van der Waals surface area (Å²) in [5.41, 5.74) is -0.283. The predicted molar refractivity (Wildman–Crippen MR) is 83.1 cm³/mol. The van der Waals surface area contributed by atoms with Crippen molar-refractivity contribution < 1.29 is 13.3 Å². The molecular weight excluding hydrogens is 384 g/mol. The molecule has 0 aromatic heterocycles. The molecule has 0 saturated heterocycles. The Morgan fingerprint density at radius 3 is 2.33 bits per heavy atom. The van der Waals surface area contributed by atoms with Gasteiger partial charge < -0.3 is 0 Å². The smallest absolute Gasteiger partial charge is 0.279 e. The van der Waals surface area contributed by atoms with Crippen molar-refractivity contribution in [3.8, 4) is 0 Å². The summed E-state index contributed by atoms with van der Waals surface area (Å²) < 4.78 is 27.6. The molecule has 0 heterocycles. The summed E-state index contributed by atoms with van der Waals surface area (Å²) in [4.78, 5) is 9.73. The Kier molecular flexibility index (Phi) is 4.50. The van der Waals surface area contributed by atoms with Gasteiger partial charge in [0, 0.05) is 21.2 Å². The van der Waals surface area contributed by atoms with Crippen LogP contribution >= 0.6 is 27.5 Å². The Hall–Kier alpha value is -1.64. The van der Waals surface area contributed by atoms with E-state index in [1.165, 1.54) is 18.2 Å². The molecule has 110 valence electrons. The normalized spacial score (nSPS) is 11.1. The number of benzene rings is 2. The first kappa shape index (κ1) is 15.7. The van der Waals surface area contributed by atoms with Gasteiger partial charge in [-0.05, 0) is 36.4 Å². The molecule has 0 bridgehead atoms. The summed E-state index contributed by atoms with van der Waals surface area (Å²) in [6.45, 7) is 0. The van der Waals surface area contributed by atoms with Crippen molar-refractivity contribution in [3.63, 3.8) is 0 Å². The monoisotopic (exact) mass is 390 g/mol. The van der Waals surface area contributed by atoms with Gasteiger partial charge in [0.25, 0.3) is 15.7 Å². The number of nitrogens with zero attached hydrogens (tertiary/aromatic N) is 1. The lowest BCUT2D eigenvalue weighted by atomic mass is 10.3. The number of halogens is 2. The van der Waals surface area contributed by atoms with Crippen LogP contribution in [0.25, 0.3) is 0 Å². The van der Waals surface area contributed by atoms with Gasteiger partial charge in [-0.2, -0.15) is 0 Å². The van der Waals surface area contributed by atoms with Crippen LogP contribution in [0.3, 0.4) is 0 Å². The zero-order valence-corrected chi connectivity index (χ0v) is 13.4. The maximum absolute atomic E-state index is 12.3. The zero-order valence-electron chi connectivity index (χ0n) is 10.3. The molecule has 0 saturated carbocycles. The highest BCUT2D eigenvalue weighted by atomic mass is 79.9. The SMILES string of the molecule is O=[N+]([O-])c1cc(Cl)ccc1S(=O)(=O)Nc1ccc(Br)cc1. The van der Waals surface area contributed by atoms with Crippen LogP contribution in [-0.2, 0) is 10.0 Å². The van der Waals surface area contributed by atoms with Gasteiger partial charge in [-0.25, -0.2) is 8.42 Å². The van der Waals surface area contributed by atoms with Crippen molar-refractivity contribution in [1.29, 1.82) is 0 Å². The van der Waals surface area contributed by atoms with Crippen molar-refractivity contribution >= 4 is 48.9 Å². The number of sulfonamides is 1. The fourth-order valence-corrected chi connectivity index (χ4v) is 3.23. The highest BCUT2D eigenvalue weighted by molar-refractivity contribution is 9.10. The summed E-state index contributed by atoms with van der Waals surface area (Å²) in [6, 6.07) is 9.74. The highest BCUT2D eigenvalue weighted by Gasteiger charge is 2.26. The van der Waals surface area contributed by atoms with E-state index in [4.69, 9.17) is 11.6 Å². The first-order valence-corrected chi connectivity index (χ1v) is 8.17. The zero-order chi connectivity index (χ0) is 15.6. The summed E-state index contributed by atoms with van der Waals surface area (Å²) >= 11 is 8.89. The molecule has 21 heavy (non-hydrogen) atoms. The van der Waals surface area contributed by atoms with Gasteiger partial charge in [0.1, 0.15) is 0 Å². The highest BCUT2D eigenvalue weighted by Crippen LogP contribution is 2.28. The fraction of sp³-hybridized carbons (Fsp3) is 0. The molecule has 2 aromatic carbocycles. The van der Waals surface area contributed by atoms with Crippen molar-refractivity contribution in [2.45, 2.75) is 4.90 Å². The summed E-state index contributed by atoms with van der Waals surface area (Å²) in [6.07, 6.45) is 0. The van der Waals surface area contributed by atoms with Crippen molar-refractivity contribution in [2.75, 3.05) is 4.72 Å². The van der Waals surface area contributed by atoms with Crippen LogP contribution in [0.2, 0.25) is 5.02 Å². The third-order valence-corrected chi connectivity index (χ3v) is 4.70. The van der Waals surface area contributed by atoms with Gasteiger partial charge in [-0.15, -0.1) is 0 Å². The lowest BCUT2D eigenvalue weighted by Gasteiger charge is -2.08. The molecule has 0 unspecified atom stereocenters. The summed E-state index contributed by atoms with van der Waals surface area (Å²) in [5, 5.41) is 11.1. The molecule has 6 nitrogen and oxygen atoms in total. The van der Waals surface area contributed by atoms with Crippen molar-refractivity contribution in [2.24, 2.45) is 0 Å². The van der Waals surface area contributed by atoms with E-state index in [2.05, 4.69) is 20.7 Å². The minimum atomic E-state index is -4.08. The predicted octanol–water partition coefficient (Wildman–Crippen LogP) is 3.81. The maximum Gasteiger partial charge on any atom is 0.291 e. The van der Waals surface area contributed by atoms with Crippen LogP contribution in [0.5, 0.6) is 0 Å². The molecule has 0 atom stereocenters. The van der Waals surface area contributed by atoms with Gasteiger partial charge in [-0.1, -0.05) is 27.5 Å². The lowest BCUT2D eigenvalue weighted by Crippen LogP contribution is -2.14. The van der Waals surface area contributed by atoms with Gasteiger partial charge in [0.15, 0.2) is 4.90 Å². The largest absolute Gasteiger partial charge is 0.291 e. The van der Waals surface area contributed by atoms with E-state index in [0.29, 0.717) is 5.69 Å². The van der Waals surface area contributed by atoms with Gasteiger partial charge in [0.2, 0.25) is 0 Å². The molecule has 0 fully saturated rings. The van der Waals surface area contributed by atoms with Gasteiger partial charge >= 0.3 is 0 Å². The van der Waals surface area contributed by atoms with E-state index in [0.717, 1.165) is 16.6 Å². The number of anilines is 1. The maximum atomic E-state index is 12.3. The second-order valence-electron chi connectivity index (χ2n) is 3.98. The minimum Gasteiger partial charge on any atom is -0.279 e. The number of nitro benzene ring substituents is 1. The summed E-state index contributed by atoms with van der Waals surface area (Å²) in [7, 11) is -4.08. The molecule has 1 N–H and O–H groups in total. The number of rotatable bonds is 4. The Morgan fingerprint density at radius 2 is 1.76 bits per heavy atom. The molecule has 9 heteroatoms. The van der Waals surface area contributed by atoms with E-state index >= 15 is 0 Å². The fourth-order valence-electron chi connectivity index (χ4n) is 1.59. The van der Waals surface area contributed by atoms with E-state index in [1.807, 2.05) is 0 Å². The number of nitro groups is 1. The van der Waals surface area contributed by atoms with Crippen LogP contribution in [0.15, 0.2) is 51.8 Å². The van der Waals surface area contributed by atoms with Crippen LogP contribution in [-0.4, -0.2) is 13.3 Å². The molecule has 0 aliphatic heterocycles. The average molecular weight is 392 g/mol. The Bertz CT molecular complexity index is 793. The topological polar surface area (TPSA) is 89.3 Å². The standard InChI is InChI=1S/C12H8BrClN2O4S/c13-8-1-4-10(5-2-8)15-21(19,20)12-6-3-9(14)7-11(12)16(17)18/h1-7,15H. The number of hydrogen-bond donors (Lipinski definition) is 1. The third-order valence-electron chi connectivity index (χ3n) is 2.50. The quantitative estimate of drug-likeness (QED) is 0.634. The van der Waals surface area contributed by atoms with Crippen molar-refractivity contribution in [3.05, 3.63) is 62.1 Å². The molecule has 0 aliphatic rings. The molecule has 0 spiro atoms. The van der Waals surface area contributed by atoms with Gasteiger partial charge in [-0.3, -0.25) is 14.8 Å². The molecule has 0 aliphatic carbocycles. The minimum absolute atomic E-state index is 0.0873. The number of nitrogens with one attached hydrogen (secondary N) is 1. The molecule has 2 rings (SSSR count). The van der Waals surface area contributed by atoms with Crippen molar-refractivity contribution in [1.82, 2.24) is 0 Å².